The predicted molar refractivity (Wildman–Crippen MR) is 95.4 cm³/mol. The average molecular weight is 360 g/mol. The van der Waals surface area contributed by atoms with Crippen molar-refractivity contribution in [1.82, 2.24) is 5.32 Å². The molecule has 2 rings (SSSR count). The molecule has 0 aliphatic heterocycles. The Balaban J connectivity index is 2.04. The SMILES string of the molecule is COc1ccccc1NC(=O)C(=O)NCC(C)(OC)c1ccccc1F. The van der Waals surface area contributed by atoms with Crippen molar-refractivity contribution in [3.8, 4) is 5.75 Å². The van der Waals surface area contributed by atoms with Gasteiger partial charge in [-0.25, -0.2) is 4.39 Å². The number of nitrogens with one attached hydrogen (secondary N) is 2. The maximum atomic E-state index is 14.0. The number of rotatable bonds is 6. The van der Waals surface area contributed by atoms with Gasteiger partial charge in [0.05, 0.1) is 19.3 Å². The fourth-order valence-corrected chi connectivity index (χ4v) is 2.42. The molecule has 6 nitrogen and oxygen atoms in total. The van der Waals surface area contributed by atoms with Gasteiger partial charge in [0, 0.05) is 12.7 Å². The van der Waals surface area contributed by atoms with Crippen molar-refractivity contribution < 1.29 is 23.5 Å². The zero-order valence-electron chi connectivity index (χ0n) is 14.8. The second-order valence-corrected chi connectivity index (χ2v) is 5.75. The molecule has 0 aliphatic rings. The lowest BCUT2D eigenvalue weighted by atomic mass is 9.95. The second-order valence-electron chi connectivity index (χ2n) is 5.75. The first-order valence-corrected chi connectivity index (χ1v) is 7.93. The Morgan fingerprint density at radius 3 is 2.35 bits per heavy atom. The average Bonchev–Trinajstić information content (AvgIpc) is 2.66. The minimum absolute atomic E-state index is 0.0807. The van der Waals surface area contributed by atoms with E-state index < -0.39 is 23.2 Å². The molecule has 138 valence electrons. The summed E-state index contributed by atoms with van der Waals surface area (Å²) in [5, 5.41) is 4.95. The molecule has 2 aromatic carbocycles. The van der Waals surface area contributed by atoms with Crippen molar-refractivity contribution >= 4 is 17.5 Å². The van der Waals surface area contributed by atoms with Crippen LogP contribution in [0.1, 0.15) is 12.5 Å². The maximum Gasteiger partial charge on any atom is 0.313 e. The zero-order chi connectivity index (χ0) is 19.2. The minimum atomic E-state index is -1.12. The molecule has 0 bridgehead atoms. The van der Waals surface area contributed by atoms with Crippen molar-refractivity contribution in [2.24, 2.45) is 0 Å². The second kappa shape index (κ2) is 8.44. The van der Waals surface area contributed by atoms with E-state index in [9.17, 15) is 14.0 Å². The van der Waals surface area contributed by atoms with E-state index in [-0.39, 0.29) is 12.1 Å². The molecule has 0 aliphatic carbocycles. The Labute approximate surface area is 151 Å². The number of hydrogen-bond acceptors (Lipinski definition) is 4. The highest BCUT2D eigenvalue weighted by Gasteiger charge is 2.30. The Morgan fingerprint density at radius 2 is 1.69 bits per heavy atom. The molecule has 2 N–H and O–H groups in total. The first-order chi connectivity index (χ1) is 12.4. The van der Waals surface area contributed by atoms with Crippen LogP contribution in [0.5, 0.6) is 5.75 Å². The number of hydrogen-bond donors (Lipinski definition) is 2. The quantitative estimate of drug-likeness (QED) is 0.776. The van der Waals surface area contributed by atoms with Gasteiger partial charge in [-0.15, -0.1) is 0 Å². The van der Waals surface area contributed by atoms with Crippen LogP contribution in [-0.4, -0.2) is 32.6 Å². The number of carbonyl (C=O) groups is 2. The molecule has 0 saturated carbocycles. The summed E-state index contributed by atoms with van der Waals surface area (Å²) in [7, 11) is 2.87. The summed E-state index contributed by atoms with van der Waals surface area (Å²) in [6.45, 7) is 1.55. The van der Waals surface area contributed by atoms with Gasteiger partial charge in [0.2, 0.25) is 0 Å². The Bertz CT molecular complexity index is 797. The smallest absolute Gasteiger partial charge is 0.313 e. The number of halogens is 1. The van der Waals surface area contributed by atoms with Gasteiger partial charge in [-0.3, -0.25) is 9.59 Å². The summed E-state index contributed by atoms with van der Waals surface area (Å²) < 4.78 is 24.5. The van der Waals surface area contributed by atoms with Crippen LogP contribution in [0.3, 0.4) is 0 Å². The van der Waals surface area contributed by atoms with E-state index >= 15 is 0 Å². The van der Waals surface area contributed by atoms with Crippen molar-refractivity contribution in [3.05, 3.63) is 59.9 Å². The third kappa shape index (κ3) is 4.37. The molecule has 0 saturated heterocycles. The van der Waals surface area contributed by atoms with Gasteiger partial charge in [0.1, 0.15) is 17.2 Å². The van der Waals surface area contributed by atoms with Crippen molar-refractivity contribution in [2.45, 2.75) is 12.5 Å². The monoisotopic (exact) mass is 360 g/mol. The fraction of sp³-hybridized carbons (Fsp3) is 0.263. The van der Waals surface area contributed by atoms with E-state index in [4.69, 9.17) is 9.47 Å². The van der Waals surface area contributed by atoms with Crippen LogP contribution < -0.4 is 15.4 Å². The maximum absolute atomic E-state index is 14.0. The normalized spacial score (nSPS) is 12.8. The highest BCUT2D eigenvalue weighted by atomic mass is 19.1. The van der Waals surface area contributed by atoms with Gasteiger partial charge in [0.15, 0.2) is 0 Å². The Kier molecular flexibility index (Phi) is 6.30. The molecule has 1 unspecified atom stereocenters. The number of amides is 2. The molecule has 0 heterocycles. The summed E-state index contributed by atoms with van der Waals surface area (Å²) in [5.74, 6) is -1.75. The third-order valence-electron chi connectivity index (χ3n) is 4.04. The van der Waals surface area contributed by atoms with Crippen molar-refractivity contribution in [3.63, 3.8) is 0 Å². The van der Waals surface area contributed by atoms with E-state index in [0.29, 0.717) is 11.4 Å². The molecule has 0 fully saturated rings. The molecule has 0 radical (unpaired) electrons. The molecular weight excluding hydrogens is 339 g/mol. The van der Waals surface area contributed by atoms with Crippen LogP contribution >= 0.6 is 0 Å². The Morgan fingerprint density at radius 1 is 1.04 bits per heavy atom. The van der Waals surface area contributed by atoms with E-state index in [1.54, 1.807) is 49.4 Å². The standard InChI is InChI=1S/C19H21FN2O4/c1-19(26-3,13-8-4-5-9-14(13)20)12-21-17(23)18(24)22-15-10-6-7-11-16(15)25-2/h4-11H,12H2,1-3H3,(H,21,23)(H,22,24). The van der Waals surface area contributed by atoms with Crippen LogP contribution in [0.15, 0.2) is 48.5 Å². The first kappa shape index (κ1) is 19.4. The third-order valence-corrected chi connectivity index (χ3v) is 4.04. The minimum Gasteiger partial charge on any atom is -0.495 e. The van der Waals surface area contributed by atoms with Crippen LogP contribution in [0, 0.1) is 5.82 Å². The van der Waals surface area contributed by atoms with Crippen molar-refractivity contribution in [1.29, 1.82) is 0 Å². The number of methoxy groups -OCH3 is 2. The Hall–Kier alpha value is -2.93. The highest BCUT2D eigenvalue weighted by molar-refractivity contribution is 6.39. The fourth-order valence-electron chi connectivity index (χ4n) is 2.42. The number of carbonyl (C=O) groups excluding carboxylic acids is 2. The van der Waals surface area contributed by atoms with Gasteiger partial charge < -0.3 is 20.1 Å². The van der Waals surface area contributed by atoms with Gasteiger partial charge in [-0.1, -0.05) is 30.3 Å². The van der Waals surface area contributed by atoms with Crippen LogP contribution in [0.4, 0.5) is 10.1 Å². The summed E-state index contributed by atoms with van der Waals surface area (Å²) in [5.41, 5.74) is -0.460. The number of benzene rings is 2. The van der Waals surface area contributed by atoms with E-state index in [1.807, 2.05) is 0 Å². The lowest BCUT2D eigenvalue weighted by molar-refractivity contribution is -0.137. The van der Waals surface area contributed by atoms with E-state index in [1.165, 1.54) is 20.3 Å². The first-order valence-electron chi connectivity index (χ1n) is 7.93. The van der Waals surface area contributed by atoms with Gasteiger partial charge in [-0.2, -0.15) is 0 Å². The van der Waals surface area contributed by atoms with Gasteiger partial charge in [0.25, 0.3) is 0 Å². The largest absolute Gasteiger partial charge is 0.495 e. The summed E-state index contributed by atoms with van der Waals surface area (Å²) in [6.07, 6.45) is 0. The van der Waals surface area contributed by atoms with Gasteiger partial charge in [-0.05, 0) is 25.1 Å². The molecule has 1 atom stereocenters. The van der Waals surface area contributed by atoms with E-state index in [2.05, 4.69) is 10.6 Å². The summed E-state index contributed by atoms with van der Waals surface area (Å²) >= 11 is 0. The molecule has 7 heteroatoms. The van der Waals surface area contributed by atoms with Crippen molar-refractivity contribution in [2.75, 3.05) is 26.1 Å². The van der Waals surface area contributed by atoms with E-state index in [0.717, 1.165) is 0 Å². The summed E-state index contributed by atoms with van der Waals surface area (Å²) in [4.78, 5) is 24.2. The molecule has 2 amide bonds. The van der Waals surface area contributed by atoms with Crippen LogP contribution in [0.25, 0.3) is 0 Å². The molecule has 2 aromatic rings. The zero-order valence-corrected chi connectivity index (χ0v) is 14.8. The number of anilines is 1. The molecule has 26 heavy (non-hydrogen) atoms. The lowest BCUT2D eigenvalue weighted by Crippen LogP contribution is -2.44. The summed E-state index contributed by atoms with van der Waals surface area (Å²) in [6, 6.07) is 12.8. The number of para-hydroxylation sites is 2. The lowest BCUT2D eigenvalue weighted by Gasteiger charge is -2.29. The molecular formula is C19H21FN2O4. The van der Waals surface area contributed by atoms with Crippen LogP contribution in [-0.2, 0) is 19.9 Å². The molecule has 0 spiro atoms. The van der Waals surface area contributed by atoms with Gasteiger partial charge >= 0.3 is 11.8 Å². The highest BCUT2D eigenvalue weighted by Crippen LogP contribution is 2.26. The topological polar surface area (TPSA) is 76.7 Å². The predicted octanol–water partition coefficient (Wildman–Crippen LogP) is 2.45. The number of ether oxygens (including phenoxy) is 2. The van der Waals surface area contributed by atoms with Crippen LogP contribution in [0.2, 0.25) is 0 Å². The molecule has 0 aromatic heterocycles.